The molecule has 19 heavy (non-hydrogen) atoms. The molecule has 0 radical (unpaired) electrons. The van der Waals surface area contributed by atoms with Crippen molar-refractivity contribution in [2.45, 2.75) is 19.9 Å². The minimum atomic E-state index is -1.01. The number of hydrogen-bond donors (Lipinski definition) is 1. The van der Waals surface area contributed by atoms with E-state index in [1.165, 1.54) is 19.1 Å². The predicted octanol–water partition coefficient (Wildman–Crippen LogP) is 1.88. The van der Waals surface area contributed by atoms with Crippen molar-refractivity contribution in [2.24, 2.45) is 5.92 Å². The van der Waals surface area contributed by atoms with Crippen molar-refractivity contribution in [1.29, 1.82) is 0 Å². The Morgan fingerprint density at radius 2 is 1.84 bits per heavy atom. The molecule has 1 aromatic carbocycles. The van der Waals surface area contributed by atoms with Crippen LogP contribution in [0.4, 0.5) is 0 Å². The Bertz CT molecular complexity index is 470. The lowest BCUT2D eigenvalue weighted by atomic mass is 10.0. The highest BCUT2D eigenvalue weighted by molar-refractivity contribution is 5.98. The number of carbonyl (C=O) groups is 2. The summed E-state index contributed by atoms with van der Waals surface area (Å²) in [6, 6.07) is 5.90. The maximum atomic E-state index is 12.4. The van der Waals surface area contributed by atoms with E-state index < -0.39 is 12.0 Å². The van der Waals surface area contributed by atoms with E-state index in [4.69, 9.17) is 4.74 Å². The molecule has 0 saturated carbocycles. The number of amides is 1. The zero-order valence-electron chi connectivity index (χ0n) is 11.6. The summed E-state index contributed by atoms with van der Waals surface area (Å²) in [5, 5.41) is 9.21. The molecule has 1 unspecified atom stereocenters. The quantitative estimate of drug-likeness (QED) is 0.882. The zero-order chi connectivity index (χ0) is 14.6. The summed E-state index contributed by atoms with van der Waals surface area (Å²) in [5.41, 5.74) is 0.361. The maximum absolute atomic E-state index is 12.4. The van der Waals surface area contributed by atoms with E-state index in [-0.39, 0.29) is 11.8 Å². The van der Waals surface area contributed by atoms with E-state index in [2.05, 4.69) is 0 Å². The van der Waals surface area contributed by atoms with Crippen LogP contribution in [-0.4, -0.2) is 42.1 Å². The van der Waals surface area contributed by atoms with Gasteiger partial charge < -0.3 is 14.7 Å². The molecule has 5 heteroatoms. The molecule has 1 atom stereocenters. The van der Waals surface area contributed by atoms with Gasteiger partial charge in [0.1, 0.15) is 11.8 Å². The summed E-state index contributed by atoms with van der Waals surface area (Å²) in [7, 11) is 2.97. The van der Waals surface area contributed by atoms with Gasteiger partial charge in [-0.15, -0.1) is 0 Å². The average Bonchev–Trinajstić information content (AvgIpc) is 2.36. The van der Waals surface area contributed by atoms with Crippen LogP contribution in [0, 0.1) is 5.92 Å². The second-order valence-electron chi connectivity index (χ2n) is 4.64. The Hall–Kier alpha value is -2.04. The molecule has 0 aliphatic rings. The van der Waals surface area contributed by atoms with E-state index in [9.17, 15) is 14.7 Å². The number of methoxy groups -OCH3 is 1. The third kappa shape index (κ3) is 3.24. The summed E-state index contributed by atoms with van der Waals surface area (Å²) in [4.78, 5) is 24.8. The lowest BCUT2D eigenvalue weighted by Crippen LogP contribution is -2.45. The minimum absolute atomic E-state index is 0.179. The number of ether oxygens (including phenoxy) is 1. The Kier molecular flexibility index (Phi) is 4.92. The molecule has 0 heterocycles. The number of hydrogen-bond acceptors (Lipinski definition) is 3. The highest BCUT2D eigenvalue weighted by atomic mass is 16.5. The van der Waals surface area contributed by atoms with Gasteiger partial charge in [0.15, 0.2) is 0 Å². The van der Waals surface area contributed by atoms with Gasteiger partial charge in [0.2, 0.25) is 0 Å². The van der Waals surface area contributed by atoms with Gasteiger partial charge in [-0.2, -0.15) is 0 Å². The second kappa shape index (κ2) is 6.22. The van der Waals surface area contributed by atoms with Crippen LogP contribution in [0.1, 0.15) is 24.2 Å². The van der Waals surface area contributed by atoms with Gasteiger partial charge >= 0.3 is 5.97 Å². The first kappa shape index (κ1) is 15.0. The van der Waals surface area contributed by atoms with E-state index in [0.717, 1.165) is 0 Å². The van der Waals surface area contributed by atoms with Crippen molar-refractivity contribution in [3.63, 3.8) is 0 Å². The van der Waals surface area contributed by atoms with Gasteiger partial charge in [-0.05, 0) is 18.1 Å². The minimum Gasteiger partial charge on any atom is -0.496 e. The van der Waals surface area contributed by atoms with E-state index in [1.807, 2.05) is 0 Å². The first-order chi connectivity index (χ1) is 8.90. The summed E-state index contributed by atoms with van der Waals surface area (Å²) in [6.45, 7) is 3.54. The van der Waals surface area contributed by atoms with Crippen LogP contribution in [0.25, 0.3) is 0 Å². The SMILES string of the molecule is COc1ccccc1C(=O)N(C)C(C(=O)O)C(C)C. The molecule has 0 aliphatic heterocycles. The Balaban J connectivity index is 3.08. The molecule has 0 aromatic heterocycles. The summed E-state index contributed by atoms with van der Waals surface area (Å²) in [6.07, 6.45) is 0. The molecular formula is C14H19NO4. The van der Waals surface area contributed by atoms with Crippen LogP contribution in [0.3, 0.4) is 0 Å². The molecule has 1 amide bonds. The average molecular weight is 265 g/mol. The normalized spacial score (nSPS) is 12.1. The standard InChI is InChI=1S/C14H19NO4/c1-9(2)12(14(17)18)15(3)13(16)10-7-5-6-8-11(10)19-4/h5-9,12H,1-4H3,(H,17,18). The lowest BCUT2D eigenvalue weighted by Gasteiger charge is -2.28. The second-order valence-corrected chi connectivity index (χ2v) is 4.64. The highest BCUT2D eigenvalue weighted by Crippen LogP contribution is 2.21. The number of benzene rings is 1. The fourth-order valence-corrected chi connectivity index (χ4v) is 2.04. The molecule has 1 rings (SSSR count). The van der Waals surface area contributed by atoms with Crippen LogP contribution in [-0.2, 0) is 4.79 Å². The van der Waals surface area contributed by atoms with Gasteiger partial charge in [0.05, 0.1) is 12.7 Å². The summed E-state index contributed by atoms with van der Waals surface area (Å²) in [5.74, 6) is -1.12. The zero-order valence-corrected chi connectivity index (χ0v) is 11.6. The molecule has 0 bridgehead atoms. The number of rotatable bonds is 5. The fraction of sp³-hybridized carbons (Fsp3) is 0.429. The van der Waals surface area contributed by atoms with Gasteiger partial charge in [-0.1, -0.05) is 26.0 Å². The largest absolute Gasteiger partial charge is 0.496 e. The summed E-state index contributed by atoms with van der Waals surface area (Å²) < 4.78 is 5.12. The first-order valence-corrected chi connectivity index (χ1v) is 6.03. The Morgan fingerprint density at radius 1 is 1.26 bits per heavy atom. The Labute approximate surface area is 112 Å². The van der Waals surface area contributed by atoms with Crippen molar-refractivity contribution in [3.05, 3.63) is 29.8 Å². The summed E-state index contributed by atoms with van der Waals surface area (Å²) >= 11 is 0. The van der Waals surface area contributed by atoms with Gasteiger partial charge in [0, 0.05) is 7.05 Å². The molecule has 5 nitrogen and oxygen atoms in total. The molecule has 0 spiro atoms. The Morgan fingerprint density at radius 3 is 2.32 bits per heavy atom. The topological polar surface area (TPSA) is 66.8 Å². The number of carboxylic acid groups (broad SMARTS) is 1. The molecule has 0 fully saturated rings. The number of aliphatic carboxylic acids is 1. The molecule has 104 valence electrons. The molecule has 1 aromatic rings. The lowest BCUT2D eigenvalue weighted by molar-refractivity contribution is -0.143. The molecule has 0 aliphatic carbocycles. The van der Waals surface area contributed by atoms with Crippen LogP contribution in [0.15, 0.2) is 24.3 Å². The van der Waals surface area contributed by atoms with E-state index >= 15 is 0 Å². The van der Waals surface area contributed by atoms with Crippen LogP contribution >= 0.6 is 0 Å². The molecule has 0 saturated heterocycles. The maximum Gasteiger partial charge on any atom is 0.326 e. The van der Waals surface area contributed by atoms with Crippen LogP contribution < -0.4 is 4.74 Å². The fourth-order valence-electron chi connectivity index (χ4n) is 2.04. The highest BCUT2D eigenvalue weighted by Gasteiger charge is 2.30. The third-order valence-electron chi connectivity index (χ3n) is 2.96. The van der Waals surface area contributed by atoms with Crippen LogP contribution in [0.2, 0.25) is 0 Å². The van der Waals surface area contributed by atoms with Crippen molar-refractivity contribution >= 4 is 11.9 Å². The van der Waals surface area contributed by atoms with Crippen LogP contribution in [0.5, 0.6) is 5.75 Å². The predicted molar refractivity (Wildman–Crippen MR) is 71.3 cm³/mol. The number of nitrogens with zero attached hydrogens (tertiary/aromatic N) is 1. The van der Waals surface area contributed by atoms with Gasteiger partial charge in [0.25, 0.3) is 5.91 Å². The van der Waals surface area contributed by atoms with Crippen molar-refractivity contribution in [1.82, 2.24) is 4.90 Å². The van der Waals surface area contributed by atoms with Crippen molar-refractivity contribution in [2.75, 3.05) is 14.2 Å². The van der Waals surface area contributed by atoms with Crippen molar-refractivity contribution in [3.8, 4) is 5.75 Å². The number of carboxylic acids is 1. The first-order valence-electron chi connectivity index (χ1n) is 6.03. The monoisotopic (exact) mass is 265 g/mol. The van der Waals surface area contributed by atoms with E-state index in [0.29, 0.717) is 11.3 Å². The van der Waals surface area contributed by atoms with Gasteiger partial charge in [-0.3, -0.25) is 4.79 Å². The van der Waals surface area contributed by atoms with Crippen molar-refractivity contribution < 1.29 is 19.4 Å². The van der Waals surface area contributed by atoms with Gasteiger partial charge in [-0.25, -0.2) is 4.79 Å². The number of likely N-dealkylation sites (N-methyl/N-ethyl adjacent to an activating group) is 1. The smallest absolute Gasteiger partial charge is 0.326 e. The third-order valence-corrected chi connectivity index (χ3v) is 2.96. The van der Waals surface area contributed by atoms with E-state index in [1.54, 1.807) is 38.1 Å². The number of para-hydroxylation sites is 1. The molecular weight excluding hydrogens is 246 g/mol. The number of carbonyl (C=O) groups excluding carboxylic acids is 1. The molecule has 1 N–H and O–H groups in total.